The number of hydrogen-bond acceptors (Lipinski definition) is 7. The average molecular weight is 599 g/mol. The molecule has 45 heavy (non-hydrogen) atoms. The Morgan fingerprint density at radius 2 is 1.71 bits per heavy atom. The van der Waals surface area contributed by atoms with Crippen molar-refractivity contribution in [3.63, 3.8) is 0 Å². The highest BCUT2D eigenvalue weighted by atomic mass is 16.5. The van der Waals surface area contributed by atoms with Gasteiger partial charge in [0, 0.05) is 31.0 Å². The number of carbonyl (C=O) groups is 2. The summed E-state index contributed by atoms with van der Waals surface area (Å²) < 4.78 is 8.95. The zero-order chi connectivity index (χ0) is 30.8. The zero-order valence-corrected chi connectivity index (χ0v) is 24.6. The first-order chi connectivity index (χ1) is 22.1. The quantitative estimate of drug-likeness (QED) is 0.199. The number of benzene rings is 2. The lowest BCUT2D eigenvalue weighted by atomic mass is 9.89. The third-order valence-electron chi connectivity index (χ3n) is 8.13. The maximum absolute atomic E-state index is 13.7. The van der Waals surface area contributed by atoms with E-state index in [9.17, 15) is 9.59 Å². The first kappa shape index (κ1) is 28.0. The van der Waals surface area contributed by atoms with Crippen LogP contribution in [0, 0.1) is 0 Å². The first-order valence-electron chi connectivity index (χ1n) is 14.7. The van der Waals surface area contributed by atoms with Crippen molar-refractivity contribution in [1.82, 2.24) is 39.6 Å². The van der Waals surface area contributed by atoms with Crippen LogP contribution in [0.5, 0.6) is 5.75 Å². The fourth-order valence-corrected chi connectivity index (χ4v) is 5.95. The number of carbonyl (C=O) groups excluding carboxylic acids is 2. The van der Waals surface area contributed by atoms with E-state index < -0.39 is 11.7 Å². The molecule has 4 aromatic heterocycles. The van der Waals surface area contributed by atoms with Crippen molar-refractivity contribution in [3.05, 3.63) is 126 Å². The van der Waals surface area contributed by atoms with Crippen LogP contribution in [0.25, 0.3) is 22.3 Å². The van der Waals surface area contributed by atoms with E-state index in [1.807, 2.05) is 47.3 Å². The molecule has 2 aromatic carbocycles. The van der Waals surface area contributed by atoms with Crippen LogP contribution in [-0.2, 0) is 11.3 Å². The van der Waals surface area contributed by atoms with Crippen molar-refractivity contribution < 1.29 is 14.3 Å². The van der Waals surface area contributed by atoms with Crippen LogP contribution in [-0.4, -0.2) is 71.5 Å². The summed E-state index contributed by atoms with van der Waals surface area (Å²) in [5, 5.41) is 13.0. The summed E-state index contributed by atoms with van der Waals surface area (Å²) in [4.78, 5) is 36.4. The van der Waals surface area contributed by atoms with E-state index in [-0.39, 0.29) is 5.56 Å². The van der Waals surface area contributed by atoms with Gasteiger partial charge in [-0.05, 0) is 29.5 Å². The van der Waals surface area contributed by atoms with Crippen LogP contribution < -0.4 is 4.74 Å². The van der Waals surface area contributed by atoms with E-state index >= 15 is 0 Å². The van der Waals surface area contributed by atoms with E-state index in [0.29, 0.717) is 54.9 Å². The maximum Gasteiger partial charge on any atom is 0.295 e. The topological polar surface area (TPSA) is 124 Å². The van der Waals surface area contributed by atoms with Gasteiger partial charge < -0.3 is 14.6 Å². The first-order valence-corrected chi connectivity index (χ1v) is 14.7. The second-order valence-electron chi connectivity index (χ2n) is 10.8. The largest absolute Gasteiger partial charge is 0.494 e. The lowest BCUT2D eigenvalue weighted by Gasteiger charge is -2.29. The molecule has 6 aromatic rings. The molecule has 224 valence electrons. The summed E-state index contributed by atoms with van der Waals surface area (Å²) in [6.07, 6.45) is 11.5. The summed E-state index contributed by atoms with van der Waals surface area (Å²) in [6, 6.07) is 20.5. The Bertz CT molecular complexity index is 2000. The molecule has 1 amide bonds. The number of rotatable bonds is 8. The number of aromatic amines is 1. The highest BCUT2D eigenvalue weighted by molar-refractivity contribution is 6.45. The van der Waals surface area contributed by atoms with Crippen LogP contribution in [0.1, 0.15) is 39.9 Å². The Morgan fingerprint density at radius 1 is 0.956 bits per heavy atom. The number of aromatic nitrogens is 7. The monoisotopic (exact) mass is 598 g/mol. The smallest absolute Gasteiger partial charge is 0.295 e. The SMILES string of the molecule is COc1cnc(-n2ccnn2)c2[nH]cc(C(=O)C(=O)N3CCC(=C(c4ccccc4)c4cnn(Cc5ccccc5)c4)CC3)c12. The highest BCUT2D eigenvalue weighted by Crippen LogP contribution is 2.34. The predicted octanol–water partition coefficient (Wildman–Crippen LogP) is 4.70. The number of fused-ring (bicyclic) bond motifs is 1. The van der Waals surface area contributed by atoms with E-state index in [0.717, 1.165) is 16.7 Å². The van der Waals surface area contributed by atoms with Gasteiger partial charge in [0.2, 0.25) is 0 Å². The van der Waals surface area contributed by atoms with Crippen molar-refractivity contribution >= 4 is 28.2 Å². The highest BCUT2D eigenvalue weighted by Gasteiger charge is 2.30. The summed E-state index contributed by atoms with van der Waals surface area (Å²) in [5.41, 5.74) is 6.43. The lowest BCUT2D eigenvalue weighted by Crippen LogP contribution is -2.40. The summed E-state index contributed by atoms with van der Waals surface area (Å²) in [7, 11) is 1.50. The average Bonchev–Trinajstić information content (AvgIpc) is 3.88. The van der Waals surface area contributed by atoms with Gasteiger partial charge in [-0.15, -0.1) is 5.10 Å². The minimum Gasteiger partial charge on any atom is -0.494 e. The Morgan fingerprint density at radius 3 is 2.42 bits per heavy atom. The fraction of sp³-hybridized carbons (Fsp3) is 0.176. The minimum absolute atomic E-state index is 0.229. The van der Waals surface area contributed by atoms with E-state index in [1.54, 1.807) is 11.1 Å². The molecular formula is C34H30N8O3. The number of amides is 1. The van der Waals surface area contributed by atoms with Crippen LogP contribution >= 0.6 is 0 Å². The van der Waals surface area contributed by atoms with Crippen molar-refractivity contribution in [1.29, 1.82) is 0 Å². The molecule has 1 N–H and O–H groups in total. The Kier molecular flexibility index (Phi) is 7.48. The second-order valence-corrected chi connectivity index (χ2v) is 10.8. The molecule has 7 rings (SSSR count). The van der Waals surface area contributed by atoms with Gasteiger partial charge in [0.15, 0.2) is 5.82 Å². The molecule has 0 radical (unpaired) electrons. The van der Waals surface area contributed by atoms with Gasteiger partial charge in [0.25, 0.3) is 11.7 Å². The molecule has 0 spiro atoms. The number of likely N-dealkylation sites (tertiary alicyclic amines) is 1. The molecule has 0 atom stereocenters. The molecule has 0 aliphatic carbocycles. The predicted molar refractivity (Wildman–Crippen MR) is 168 cm³/mol. The molecule has 11 nitrogen and oxygen atoms in total. The second kappa shape index (κ2) is 12.0. The van der Waals surface area contributed by atoms with Gasteiger partial charge in [-0.3, -0.25) is 14.3 Å². The third kappa shape index (κ3) is 5.40. The van der Waals surface area contributed by atoms with Crippen molar-refractivity contribution in [2.24, 2.45) is 0 Å². The molecule has 1 fully saturated rings. The summed E-state index contributed by atoms with van der Waals surface area (Å²) in [6.45, 7) is 1.54. The van der Waals surface area contributed by atoms with Gasteiger partial charge >= 0.3 is 0 Å². The summed E-state index contributed by atoms with van der Waals surface area (Å²) >= 11 is 0. The number of nitrogens with one attached hydrogen (secondary N) is 1. The Balaban J connectivity index is 1.14. The summed E-state index contributed by atoms with van der Waals surface area (Å²) in [5.74, 6) is -0.320. The van der Waals surface area contributed by atoms with E-state index in [4.69, 9.17) is 4.74 Å². The number of methoxy groups -OCH3 is 1. The van der Waals surface area contributed by atoms with Gasteiger partial charge in [-0.25, -0.2) is 9.67 Å². The zero-order valence-electron chi connectivity index (χ0n) is 24.6. The van der Waals surface area contributed by atoms with Crippen LogP contribution in [0.3, 0.4) is 0 Å². The number of pyridine rings is 1. The Labute approximate surface area is 258 Å². The number of ether oxygens (including phenoxy) is 1. The van der Waals surface area contributed by atoms with E-state index in [2.05, 4.69) is 55.8 Å². The molecule has 0 bridgehead atoms. The number of ketones is 1. The molecule has 11 heteroatoms. The van der Waals surface area contributed by atoms with Gasteiger partial charge in [0.05, 0.1) is 54.9 Å². The standard InChI is InChI=1S/C34H30N8O3/c1-45-28-20-36-33(42-17-14-37-39-42)31-30(28)27(19-35-31)32(43)34(44)40-15-12-25(13-16-40)29(24-10-6-3-7-11-24)26-18-38-41(22-26)21-23-8-4-2-5-9-23/h2-11,14,17-20,22,35H,12-13,15-16,21H2,1H3. The molecular weight excluding hydrogens is 568 g/mol. The van der Waals surface area contributed by atoms with E-state index in [1.165, 1.54) is 41.5 Å². The lowest BCUT2D eigenvalue weighted by molar-refractivity contribution is -0.126. The number of H-pyrrole nitrogens is 1. The number of Topliss-reactive ketones (excluding diaryl/α,β-unsaturated/α-hetero) is 1. The van der Waals surface area contributed by atoms with Gasteiger partial charge in [0.1, 0.15) is 5.75 Å². The third-order valence-corrected chi connectivity index (χ3v) is 8.13. The number of piperidine rings is 1. The Hall–Kier alpha value is -5.84. The van der Waals surface area contributed by atoms with Crippen LogP contribution in [0.4, 0.5) is 0 Å². The van der Waals surface area contributed by atoms with Crippen molar-refractivity contribution in [2.75, 3.05) is 20.2 Å². The normalized spacial score (nSPS) is 13.3. The molecule has 0 saturated carbocycles. The van der Waals surface area contributed by atoms with Crippen molar-refractivity contribution in [3.8, 4) is 11.6 Å². The molecule has 1 aliphatic heterocycles. The maximum atomic E-state index is 13.7. The number of hydrogen-bond donors (Lipinski definition) is 1. The molecule has 0 unspecified atom stereocenters. The van der Waals surface area contributed by atoms with Gasteiger partial charge in [-0.2, -0.15) is 5.10 Å². The van der Waals surface area contributed by atoms with Crippen LogP contribution in [0.15, 0.2) is 103 Å². The molecule has 1 saturated heterocycles. The molecule has 5 heterocycles. The van der Waals surface area contributed by atoms with Gasteiger partial charge in [-0.1, -0.05) is 71.5 Å². The number of nitrogens with zero attached hydrogens (tertiary/aromatic N) is 7. The van der Waals surface area contributed by atoms with Crippen molar-refractivity contribution in [2.45, 2.75) is 19.4 Å². The minimum atomic E-state index is -0.604. The fourth-order valence-electron chi connectivity index (χ4n) is 5.95. The molecule has 1 aliphatic rings. The van der Waals surface area contributed by atoms with Crippen LogP contribution in [0.2, 0.25) is 0 Å².